The first kappa shape index (κ1) is 14.0. The van der Waals surface area contributed by atoms with Crippen LogP contribution >= 0.6 is 27.5 Å². The van der Waals surface area contributed by atoms with E-state index in [0.717, 1.165) is 10.0 Å². The molecule has 2 rings (SSSR count). The van der Waals surface area contributed by atoms with E-state index < -0.39 is 5.97 Å². The molecule has 0 spiro atoms. The Morgan fingerprint density at radius 2 is 2.11 bits per heavy atom. The first-order chi connectivity index (χ1) is 9.02. The standard InChI is InChI=1S/C14H11BrClNO2/c1-2-12-10(14(18)19)5-6-13(17-12)9-4-3-8(15)7-11(9)16/h3-7H,2H2,1H3,(H,18,19). The minimum atomic E-state index is -0.960. The lowest BCUT2D eigenvalue weighted by Crippen LogP contribution is -2.04. The van der Waals surface area contributed by atoms with E-state index in [0.29, 0.717) is 22.8 Å². The second kappa shape index (κ2) is 5.72. The molecule has 5 heteroatoms. The average Bonchev–Trinajstić information content (AvgIpc) is 2.37. The topological polar surface area (TPSA) is 50.2 Å². The molecular formula is C14H11BrClNO2. The van der Waals surface area contributed by atoms with E-state index in [1.807, 2.05) is 19.1 Å². The monoisotopic (exact) mass is 339 g/mol. The Labute approximate surface area is 124 Å². The van der Waals surface area contributed by atoms with Gasteiger partial charge in [-0.1, -0.05) is 40.5 Å². The third kappa shape index (κ3) is 2.96. The molecule has 0 amide bonds. The third-order valence-electron chi connectivity index (χ3n) is 2.75. The van der Waals surface area contributed by atoms with E-state index in [1.165, 1.54) is 0 Å². The summed E-state index contributed by atoms with van der Waals surface area (Å²) in [6.45, 7) is 1.88. The lowest BCUT2D eigenvalue weighted by Gasteiger charge is -2.08. The SMILES string of the molecule is CCc1nc(-c2ccc(Br)cc2Cl)ccc1C(=O)O. The molecular weight excluding hydrogens is 330 g/mol. The van der Waals surface area contributed by atoms with Gasteiger partial charge in [-0.15, -0.1) is 0 Å². The number of hydrogen-bond acceptors (Lipinski definition) is 2. The summed E-state index contributed by atoms with van der Waals surface area (Å²) in [4.78, 5) is 15.5. The number of aromatic carboxylic acids is 1. The van der Waals surface area contributed by atoms with Crippen molar-refractivity contribution < 1.29 is 9.90 Å². The lowest BCUT2D eigenvalue weighted by molar-refractivity contribution is 0.0695. The Morgan fingerprint density at radius 1 is 1.37 bits per heavy atom. The molecule has 0 fully saturated rings. The molecule has 3 nitrogen and oxygen atoms in total. The average molecular weight is 341 g/mol. The fraction of sp³-hybridized carbons (Fsp3) is 0.143. The molecule has 0 unspecified atom stereocenters. The highest BCUT2D eigenvalue weighted by Crippen LogP contribution is 2.29. The zero-order chi connectivity index (χ0) is 14.0. The van der Waals surface area contributed by atoms with Gasteiger partial charge >= 0.3 is 5.97 Å². The molecule has 0 bridgehead atoms. The summed E-state index contributed by atoms with van der Waals surface area (Å²) in [5.74, 6) is -0.960. The van der Waals surface area contributed by atoms with Crippen LogP contribution < -0.4 is 0 Å². The van der Waals surface area contributed by atoms with Crippen molar-refractivity contribution in [1.29, 1.82) is 0 Å². The fourth-order valence-corrected chi connectivity index (χ4v) is 2.58. The zero-order valence-corrected chi connectivity index (χ0v) is 12.5. The van der Waals surface area contributed by atoms with Gasteiger partial charge in [-0.05, 0) is 30.7 Å². The molecule has 19 heavy (non-hydrogen) atoms. The summed E-state index contributed by atoms with van der Waals surface area (Å²) >= 11 is 9.52. The highest BCUT2D eigenvalue weighted by Gasteiger charge is 2.13. The quantitative estimate of drug-likeness (QED) is 0.899. The number of benzene rings is 1. The number of halogens is 2. The van der Waals surface area contributed by atoms with Gasteiger partial charge in [0.2, 0.25) is 0 Å². The Hall–Kier alpha value is -1.39. The van der Waals surface area contributed by atoms with Crippen molar-refractivity contribution in [3.63, 3.8) is 0 Å². The summed E-state index contributed by atoms with van der Waals surface area (Å²) in [5.41, 5.74) is 2.26. The summed E-state index contributed by atoms with van der Waals surface area (Å²) in [6.07, 6.45) is 0.559. The molecule has 2 aromatic rings. The molecule has 1 aromatic carbocycles. The van der Waals surface area contributed by atoms with Crippen LogP contribution in [0, 0.1) is 0 Å². The number of carbonyl (C=O) groups is 1. The zero-order valence-electron chi connectivity index (χ0n) is 10.2. The van der Waals surface area contributed by atoms with Crippen LogP contribution in [0.2, 0.25) is 5.02 Å². The Morgan fingerprint density at radius 3 is 2.68 bits per heavy atom. The summed E-state index contributed by atoms with van der Waals surface area (Å²) < 4.78 is 0.888. The van der Waals surface area contributed by atoms with E-state index in [4.69, 9.17) is 16.7 Å². The van der Waals surface area contributed by atoms with Gasteiger partial charge in [-0.25, -0.2) is 4.79 Å². The maximum absolute atomic E-state index is 11.1. The summed E-state index contributed by atoms with van der Waals surface area (Å²) in [5, 5.41) is 9.65. The molecule has 98 valence electrons. The highest BCUT2D eigenvalue weighted by atomic mass is 79.9. The van der Waals surface area contributed by atoms with Crippen LogP contribution in [0.1, 0.15) is 23.0 Å². The van der Waals surface area contributed by atoms with Crippen molar-refractivity contribution in [1.82, 2.24) is 4.98 Å². The minimum absolute atomic E-state index is 0.236. The first-order valence-corrected chi connectivity index (χ1v) is 6.88. The van der Waals surface area contributed by atoms with Gasteiger partial charge < -0.3 is 5.11 Å². The number of carboxylic acids is 1. The molecule has 0 saturated heterocycles. The van der Waals surface area contributed by atoms with E-state index in [9.17, 15) is 4.79 Å². The Kier molecular flexibility index (Phi) is 4.22. The highest BCUT2D eigenvalue weighted by molar-refractivity contribution is 9.10. The molecule has 1 N–H and O–H groups in total. The van der Waals surface area contributed by atoms with Crippen molar-refractivity contribution in [2.24, 2.45) is 0 Å². The molecule has 0 saturated carbocycles. The van der Waals surface area contributed by atoms with Crippen molar-refractivity contribution >= 4 is 33.5 Å². The van der Waals surface area contributed by atoms with E-state index in [2.05, 4.69) is 20.9 Å². The summed E-state index contributed by atoms with van der Waals surface area (Å²) in [7, 11) is 0. The van der Waals surface area contributed by atoms with Crippen LogP contribution in [0.5, 0.6) is 0 Å². The van der Waals surface area contributed by atoms with Gasteiger partial charge in [-0.2, -0.15) is 0 Å². The predicted octanol–water partition coefficient (Wildman–Crippen LogP) is 4.43. The number of rotatable bonds is 3. The van der Waals surface area contributed by atoms with Crippen molar-refractivity contribution in [2.45, 2.75) is 13.3 Å². The van der Waals surface area contributed by atoms with Crippen LogP contribution in [0.15, 0.2) is 34.8 Å². The molecule has 1 aromatic heterocycles. The van der Waals surface area contributed by atoms with Gasteiger partial charge in [-0.3, -0.25) is 4.98 Å². The predicted molar refractivity (Wildman–Crippen MR) is 78.7 cm³/mol. The molecule has 0 aliphatic heterocycles. The second-order valence-corrected chi connectivity index (χ2v) is 5.30. The Balaban J connectivity index is 2.54. The number of nitrogens with zero attached hydrogens (tertiary/aromatic N) is 1. The Bertz CT molecular complexity index is 643. The molecule has 0 aliphatic rings. The maximum atomic E-state index is 11.1. The summed E-state index contributed by atoms with van der Waals surface area (Å²) in [6, 6.07) is 8.77. The number of aryl methyl sites for hydroxylation is 1. The van der Waals surface area contributed by atoms with Gasteiger partial charge in [0.05, 0.1) is 22.0 Å². The van der Waals surface area contributed by atoms with Gasteiger partial charge in [0.25, 0.3) is 0 Å². The molecule has 1 heterocycles. The van der Waals surface area contributed by atoms with Gasteiger partial charge in [0.15, 0.2) is 0 Å². The third-order valence-corrected chi connectivity index (χ3v) is 3.55. The minimum Gasteiger partial charge on any atom is -0.478 e. The van der Waals surface area contributed by atoms with Crippen LogP contribution in [-0.2, 0) is 6.42 Å². The second-order valence-electron chi connectivity index (χ2n) is 3.97. The number of aromatic nitrogens is 1. The first-order valence-electron chi connectivity index (χ1n) is 5.71. The van der Waals surface area contributed by atoms with Crippen LogP contribution in [0.25, 0.3) is 11.3 Å². The number of hydrogen-bond donors (Lipinski definition) is 1. The van der Waals surface area contributed by atoms with Crippen LogP contribution in [-0.4, -0.2) is 16.1 Å². The van der Waals surface area contributed by atoms with Gasteiger partial charge in [0.1, 0.15) is 0 Å². The van der Waals surface area contributed by atoms with Crippen molar-refractivity contribution in [2.75, 3.05) is 0 Å². The van der Waals surface area contributed by atoms with Gasteiger partial charge in [0, 0.05) is 10.0 Å². The van der Waals surface area contributed by atoms with E-state index >= 15 is 0 Å². The largest absolute Gasteiger partial charge is 0.478 e. The van der Waals surface area contributed by atoms with Crippen molar-refractivity contribution in [3.8, 4) is 11.3 Å². The van der Waals surface area contributed by atoms with Crippen molar-refractivity contribution in [3.05, 3.63) is 51.1 Å². The van der Waals surface area contributed by atoms with E-state index in [-0.39, 0.29) is 5.56 Å². The lowest BCUT2D eigenvalue weighted by atomic mass is 10.1. The number of carboxylic acid groups (broad SMARTS) is 1. The molecule has 0 atom stereocenters. The smallest absolute Gasteiger partial charge is 0.337 e. The molecule has 0 aliphatic carbocycles. The maximum Gasteiger partial charge on any atom is 0.337 e. The van der Waals surface area contributed by atoms with Crippen LogP contribution in [0.3, 0.4) is 0 Å². The number of pyridine rings is 1. The normalized spacial score (nSPS) is 10.5. The fourth-order valence-electron chi connectivity index (χ4n) is 1.81. The molecule has 0 radical (unpaired) electrons. The van der Waals surface area contributed by atoms with Crippen LogP contribution in [0.4, 0.5) is 0 Å². The van der Waals surface area contributed by atoms with E-state index in [1.54, 1.807) is 18.2 Å².